The lowest BCUT2D eigenvalue weighted by molar-refractivity contribution is -0.143. The Kier molecular flexibility index (Phi) is 4.33. The number of hydrogen-bond donors (Lipinski definition) is 0. The van der Waals surface area contributed by atoms with Gasteiger partial charge in [0.05, 0.1) is 5.71 Å². The Hall–Kier alpha value is -1.61. The summed E-state index contributed by atoms with van der Waals surface area (Å²) >= 11 is 5.99. The molecule has 0 aliphatic heterocycles. The van der Waals surface area contributed by atoms with Crippen LogP contribution in [0.5, 0.6) is 0 Å². The first kappa shape index (κ1) is 17.2. The van der Waals surface area contributed by atoms with Gasteiger partial charge in [-0.3, -0.25) is 0 Å². The maximum Gasteiger partial charge on any atom is 0.334 e. The number of rotatable bonds is 3. The number of oxime groups is 1. The first-order valence-electron chi connectivity index (χ1n) is 8.55. The molecule has 1 aromatic rings. The molecule has 2 saturated carbocycles. The van der Waals surface area contributed by atoms with Gasteiger partial charge in [0.1, 0.15) is 0 Å². The minimum atomic E-state index is -0.294. The van der Waals surface area contributed by atoms with E-state index in [-0.39, 0.29) is 16.8 Å². The second-order valence-corrected chi connectivity index (χ2v) is 7.99. The molecular formula is C20H24ClNO2. The second-order valence-electron chi connectivity index (χ2n) is 7.55. The molecule has 0 amide bonds. The van der Waals surface area contributed by atoms with Crippen LogP contribution in [-0.4, -0.2) is 11.7 Å². The van der Waals surface area contributed by atoms with Crippen LogP contribution in [0.15, 0.2) is 35.0 Å². The van der Waals surface area contributed by atoms with Gasteiger partial charge in [0.25, 0.3) is 0 Å². The summed E-state index contributed by atoms with van der Waals surface area (Å²) in [5, 5.41) is 5.04. The highest BCUT2D eigenvalue weighted by Gasteiger charge is 2.62. The molecule has 4 heteroatoms. The van der Waals surface area contributed by atoms with Crippen molar-refractivity contribution < 1.29 is 9.63 Å². The van der Waals surface area contributed by atoms with Gasteiger partial charge in [-0.15, -0.1) is 0 Å². The van der Waals surface area contributed by atoms with Gasteiger partial charge < -0.3 is 4.84 Å². The predicted octanol–water partition coefficient (Wildman–Crippen LogP) is 5.49. The zero-order chi connectivity index (χ0) is 17.5. The summed E-state index contributed by atoms with van der Waals surface area (Å²) in [6.07, 6.45) is 4.72. The SMILES string of the molecule is CCC(=O)ON=C1C(=Cc2ccc(Cl)cc2)C2CCC1(C)C2(C)C. The van der Waals surface area contributed by atoms with Crippen LogP contribution in [-0.2, 0) is 9.63 Å². The van der Waals surface area contributed by atoms with E-state index in [4.69, 9.17) is 16.4 Å². The fraction of sp³-hybridized carbons (Fsp3) is 0.500. The summed E-state index contributed by atoms with van der Waals surface area (Å²) in [5.41, 5.74) is 3.25. The summed E-state index contributed by atoms with van der Waals surface area (Å²) in [6, 6.07) is 7.79. The van der Waals surface area contributed by atoms with Crippen molar-refractivity contribution in [3.05, 3.63) is 40.4 Å². The van der Waals surface area contributed by atoms with Gasteiger partial charge in [-0.2, -0.15) is 0 Å². The fourth-order valence-electron chi connectivity index (χ4n) is 4.17. The van der Waals surface area contributed by atoms with E-state index in [1.54, 1.807) is 6.92 Å². The van der Waals surface area contributed by atoms with E-state index in [9.17, 15) is 4.79 Å². The average molecular weight is 346 g/mol. The van der Waals surface area contributed by atoms with Crippen LogP contribution in [0.2, 0.25) is 5.02 Å². The Labute approximate surface area is 148 Å². The first-order valence-corrected chi connectivity index (χ1v) is 8.93. The molecule has 128 valence electrons. The van der Waals surface area contributed by atoms with Gasteiger partial charge in [0, 0.05) is 16.9 Å². The van der Waals surface area contributed by atoms with Gasteiger partial charge in [-0.05, 0) is 53.5 Å². The topological polar surface area (TPSA) is 38.7 Å². The normalized spacial score (nSPS) is 31.0. The Morgan fingerprint density at radius 2 is 2.00 bits per heavy atom. The smallest absolute Gasteiger partial charge is 0.318 e. The van der Waals surface area contributed by atoms with Crippen molar-refractivity contribution in [1.29, 1.82) is 0 Å². The van der Waals surface area contributed by atoms with Crippen LogP contribution in [0.3, 0.4) is 0 Å². The highest BCUT2D eigenvalue weighted by Crippen LogP contribution is 2.66. The summed E-state index contributed by atoms with van der Waals surface area (Å²) in [4.78, 5) is 16.7. The van der Waals surface area contributed by atoms with E-state index in [2.05, 4.69) is 32.0 Å². The van der Waals surface area contributed by atoms with Crippen LogP contribution in [0.4, 0.5) is 0 Å². The summed E-state index contributed by atoms with van der Waals surface area (Å²) < 4.78 is 0. The zero-order valence-corrected chi connectivity index (χ0v) is 15.5. The van der Waals surface area contributed by atoms with Gasteiger partial charge in [0.15, 0.2) is 0 Å². The van der Waals surface area contributed by atoms with Crippen LogP contribution >= 0.6 is 11.6 Å². The van der Waals surface area contributed by atoms with Crippen LogP contribution in [0, 0.1) is 16.7 Å². The summed E-state index contributed by atoms with van der Waals surface area (Å²) in [5.74, 6) is 0.134. The molecule has 2 aliphatic carbocycles. The fourth-order valence-corrected chi connectivity index (χ4v) is 4.30. The van der Waals surface area contributed by atoms with E-state index in [0.29, 0.717) is 12.3 Å². The molecule has 0 N–H and O–H groups in total. The molecule has 24 heavy (non-hydrogen) atoms. The summed E-state index contributed by atoms with van der Waals surface area (Å²) in [6.45, 7) is 8.61. The van der Waals surface area contributed by atoms with Crippen LogP contribution < -0.4 is 0 Å². The van der Waals surface area contributed by atoms with Crippen molar-refractivity contribution in [3.8, 4) is 0 Å². The van der Waals surface area contributed by atoms with Crippen molar-refractivity contribution >= 4 is 29.4 Å². The molecule has 2 unspecified atom stereocenters. The third-order valence-corrected chi connectivity index (χ3v) is 6.37. The number of hydrogen-bond acceptors (Lipinski definition) is 3. The van der Waals surface area contributed by atoms with E-state index in [0.717, 1.165) is 29.1 Å². The lowest BCUT2D eigenvalue weighted by atomic mass is 9.70. The van der Waals surface area contributed by atoms with Crippen molar-refractivity contribution in [2.45, 2.75) is 47.0 Å². The number of halogens is 1. The number of carbonyl (C=O) groups is 1. The molecule has 2 atom stereocenters. The van der Waals surface area contributed by atoms with Crippen LogP contribution in [0.25, 0.3) is 6.08 Å². The zero-order valence-electron chi connectivity index (χ0n) is 14.7. The standard InChI is InChI=1S/C20H24ClNO2/c1-5-17(23)24-22-18-15(12-13-6-8-14(21)9-7-13)16-10-11-20(18,4)19(16,2)3/h6-9,12,16H,5,10-11H2,1-4H3. The molecule has 0 spiro atoms. The summed E-state index contributed by atoms with van der Waals surface area (Å²) in [7, 11) is 0. The number of carbonyl (C=O) groups excluding carboxylic acids is 1. The second kappa shape index (κ2) is 6.03. The lowest BCUT2D eigenvalue weighted by Crippen LogP contribution is -2.33. The van der Waals surface area contributed by atoms with E-state index in [1.165, 1.54) is 5.57 Å². The molecule has 3 rings (SSSR count). The average Bonchev–Trinajstić information content (AvgIpc) is 2.86. The molecule has 0 aromatic heterocycles. The Bertz CT molecular complexity index is 718. The van der Waals surface area contributed by atoms with Crippen molar-refractivity contribution in [2.75, 3.05) is 0 Å². The van der Waals surface area contributed by atoms with Gasteiger partial charge in [-0.25, -0.2) is 4.79 Å². The number of fused-ring (bicyclic) bond motifs is 2. The molecule has 3 nitrogen and oxygen atoms in total. The Morgan fingerprint density at radius 1 is 1.33 bits per heavy atom. The monoisotopic (exact) mass is 345 g/mol. The first-order chi connectivity index (χ1) is 11.3. The van der Waals surface area contributed by atoms with Crippen molar-refractivity contribution in [2.24, 2.45) is 21.9 Å². The highest BCUT2D eigenvalue weighted by atomic mass is 35.5. The number of nitrogens with zero attached hydrogens (tertiary/aromatic N) is 1. The minimum absolute atomic E-state index is 0.0655. The molecule has 1 aromatic carbocycles. The van der Waals surface area contributed by atoms with E-state index < -0.39 is 0 Å². The maximum absolute atomic E-state index is 11.6. The van der Waals surface area contributed by atoms with Crippen molar-refractivity contribution in [3.63, 3.8) is 0 Å². The highest BCUT2D eigenvalue weighted by molar-refractivity contribution is 6.30. The number of benzene rings is 1. The van der Waals surface area contributed by atoms with Gasteiger partial charge >= 0.3 is 5.97 Å². The third-order valence-electron chi connectivity index (χ3n) is 6.12. The van der Waals surface area contributed by atoms with Crippen molar-refractivity contribution in [1.82, 2.24) is 0 Å². The molecule has 0 heterocycles. The third kappa shape index (κ3) is 2.59. The van der Waals surface area contributed by atoms with Crippen LogP contribution in [0.1, 0.15) is 52.5 Å². The molecule has 2 bridgehead atoms. The van der Waals surface area contributed by atoms with E-state index >= 15 is 0 Å². The quantitative estimate of drug-likeness (QED) is 0.536. The van der Waals surface area contributed by atoms with Gasteiger partial charge in [0.2, 0.25) is 0 Å². The maximum atomic E-state index is 11.6. The number of allylic oxidation sites excluding steroid dienone is 1. The molecule has 0 saturated heterocycles. The largest absolute Gasteiger partial charge is 0.334 e. The lowest BCUT2D eigenvalue weighted by Gasteiger charge is -2.33. The molecule has 2 fully saturated rings. The van der Waals surface area contributed by atoms with Gasteiger partial charge in [-0.1, -0.05) is 56.6 Å². The minimum Gasteiger partial charge on any atom is -0.318 e. The predicted molar refractivity (Wildman–Crippen MR) is 97.9 cm³/mol. The Balaban J connectivity index is 2.05. The van der Waals surface area contributed by atoms with E-state index in [1.807, 2.05) is 24.3 Å². The molecular weight excluding hydrogens is 322 g/mol. The molecule has 2 aliphatic rings. The molecule has 0 radical (unpaired) electrons. The Morgan fingerprint density at radius 3 is 2.62 bits per heavy atom.